The summed E-state index contributed by atoms with van der Waals surface area (Å²) >= 11 is 0. The van der Waals surface area contributed by atoms with Crippen molar-refractivity contribution in [2.24, 2.45) is 5.92 Å². The number of hydrogen-bond acceptors (Lipinski definition) is 6. The van der Waals surface area contributed by atoms with Gasteiger partial charge < -0.3 is 5.32 Å². The van der Waals surface area contributed by atoms with Crippen LogP contribution < -0.4 is 15.5 Å². The number of nitrogens with one attached hydrogen (secondary N) is 3. The highest BCUT2D eigenvalue weighted by Crippen LogP contribution is 2.20. The standard InChI is InChI=1S/C26H31N5O4S/c1-18-12-16-31(17-13-18)29-26(33)30-36(34,35)21-8-6-20(7-9-21)11-15-28-25(32)23-10-5-19(2)22-4-3-14-27-24(22)23/h3-10,14,18H,11-13,15-17H2,1-2H3,(H,28,32)(H2,29,30,33). The third-order valence-electron chi connectivity index (χ3n) is 6.44. The molecule has 1 aliphatic heterocycles. The topological polar surface area (TPSA) is 120 Å². The Morgan fingerprint density at radius 2 is 1.78 bits per heavy atom. The van der Waals surface area contributed by atoms with Crippen LogP contribution in [-0.4, -0.2) is 50.0 Å². The Morgan fingerprint density at radius 3 is 2.50 bits per heavy atom. The number of piperidine rings is 1. The van der Waals surface area contributed by atoms with E-state index in [1.54, 1.807) is 29.4 Å². The number of aryl methyl sites for hydroxylation is 1. The average molecular weight is 510 g/mol. The van der Waals surface area contributed by atoms with Gasteiger partial charge in [-0.25, -0.2) is 22.9 Å². The molecule has 3 amide bonds. The molecule has 1 aromatic heterocycles. The summed E-state index contributed by atoms with van der Waals surface area (Å²) in [4.78, 5) is 29.3. The van der Waals surface area contributed by atoms with Crippen molar-refractivity contribution in [2.75, 3.05) is 19.6 Å². The number of rotatable bonds is 7. The number of amides is 3. The van der Waals surface area contributed by atoms with Crippen molar-refractivity contribution in [1.82, 2.24) is 25.5 Å². The van der Waals surface area contributed by atoms with Crippen molar-refractivity contribution in [3.63, 3.8) is 0 Å². The van der Waals surface area contributed by atoms with E-state index in [0.29, 0.717) is 43.1 Å². The van der Waals surface area contributed by atoms with Crippen LogP contribution in [0.3, 0.4) is 0 Å². The SMILES string of the molecule is Cc1ccc(C(=O)NCCc2ccc(S(=O)(=O)NC(=O)NN3CCC(C)CC3)cc2)c2ncccc12. The van der Waals surface area contributed by atoms with Gasteiger partial charge in [-0.1, -0.05) is 31.2 Å². The molecule has 3 aromatic rings. The van der Waals surface area contributed by atoms with E-state index in [9.17, 15) is 18.0 Å². The fourth-order valence-electron chi connectivity index (χ4n) is 4.22. The third kappa shape index (κ3) is 6.19. The van der Waals surface area contributed by atoms with Crippen LogP contribution in [0.4, 0.5) is 4.79 Å². The molecule has 1 aliphatic rings. The monoisotopic (exact) mass is 509 g/mol. The Kier molecular flexibility index (Phi) is 7.85. The second-order valence-corrected chi connectivity index (χ2v) is 10.9. The van der Waals surface area contributed by atoms with Gasteiger partial charge in [-0.2, -0.15) is 0 Å². The Bertz CT molecular complexity index is 1350. The number of benzene rings is 2. The van der Waals surface area contributed by atoms with Gasteiger partial charge in [-0.15, -0.1) is 0 Å². The van der Waals surface area contributed by atoms with Crippen molar-refractivity contribution in [1.29, 1.82) is 0 Å². The molecule has 0 saturated carbocycles. The Labute approximate surface area is 211 Å². The van der Waals surface area contributed by atoms with E-state index in [1.165, 1.54) is 12.1 Å². The van der Waals surface area contributed by atoms with E-state index in [-0.39, 0.29) is 10.8 Å². The Hall–Kier alpha value is -3.50. The minimum Gasteiger partial charge on any atom is -0.352 e. The zero-order chi connectivity index (χ0) is 25.7. The van der Waals surface area contributed by atoms with Crippen molar-refractivity contribution >= 4 is 32.9 Å². The second kappa shape index (κ2) is 11.0. The summed E-state index contributed by atoms with van der Waals surface area (Å²) < 4.78 is 27.2. The summed E-state index contributed by atoms with van der Waals surface area (Å²) in [5.74, 6) is 0.387. The first kappa shape index (κ1) is 25.6. The number of urea groups is 1. The molecule has 4 rings (SSSR count). The van der Waals surface area contributed by atoms with Gasteiger partial charge in [-0.3, -0.25) is 15.2 Å². The first-order valence-corrected chi connectivity index (χ1v) is 13.5. The number of pyridine rings is 1. The molecule has 0 bridgehead atoms. The number of sulfonamides is 1. The van der Waals surface area contributed by atoms with Crippen LogP contribution in [0, 0.1) is 12.8 Å². The second-order valence-electron chi connectivity index (χ2n) is 9.20. The molecule has 1 fully saturated rings. The van der Waals surface area contributed by atoms with Crippen molar-refractivity contribution in [2.45, 2.75) is 38.0 Å². The molecule has 2 aromatic carbocycles. The van der Waals surface area contributed by atoms with E-state index >= 15 is 0 Å². The Balaban J connectivity index is 1.30. The van der Waals surface area contributed by atoms with E-state index in [1.807, 2.05) is 25.1 Å². The summed E-state index contributed by atoms with van der Waals surface area (Å²) in [6.07, 6.45) is 4.09. The van der Waals surface area contributed by atoms with Crippen molar-refractivity contribution in [3.8, 4) is 0 Å². The van der Waals surface area contributed by atoms with Crippen LogP contribution in [0.1, 0.15) is 41.3 Å². The lowest BCUT2D eigenvalue weighted by Crippen LogP contribution is -2.51. The largest absolute Gasteiger partial charge is 0.352 e. The van der Waals surface area contributed by atoms with Crippen LogP contribution in [0.15, 0.2) is 59.6 Å². The van der Waals surface area contributed by atoms with Gasteiger partial charge in [0.2, 0.25) is 0 Å². The average Bonchev–Trinajstić information content (AvgIpc) is 2.86. The third-order valence-corrected chi connectivity index (χ3v) is 7.78. The van der Waals surface area contributed by atoms with Crippen LogP contribution >= 0.6 is 0 Å². The van der Waals surface area contributed by atoms with Gasteiger partial charge in [-0.05, 0) is 67.5 Å². The quantitative estimate of drug-likeness (QED) is 0.450. The van der Waals surface area contributed by atoms with Crippen LogP contribution in [-0.2, 0) is 16.4 Å². The molecule has 36 heavy (non-hydrogen) atoms. The summed E-state index contributed by atoms with van der Waals surface area (Å²) in [5, 5.41) is 5.58. The molecule has 0 unspecified atom stereocenters. The molecule has 190 valence electrons. The maximum Gasteiger partial charge on any atom is 0.343 e. The fraction of sp³-hybridized carbons (Fsp3) is 0.346. The number of hydrazine groups is 1. The maximum absolute atomic E-state index is 12.7. The molecule has 3 N–H and O–H groups in total. The first-order valence-electron chi connectivity index (χ1n) is 12.0. The highest BCUT2D eigenvalue weighted by atomic mass is 32.2. The van der Waals surface area contributed by atoms with Gasteiger partial charge in [0.05, 0.1) is 16.0 Å². The van der Waals surface area contributed by atoms with Gasteiger partial charge in [0.25, 0.3) is 15.9 Å². The number of carbonyl (C=O) groups is 2. The van der Waals surface area contributed by atoms with Gasteiger partial charge in [0, 0.05) is 31.2 Å². The van der Waals surface area contributed by atoms with Crippen molar-refractivity contribution < 1.29 is 18.0 Å². The normalized spacial score (nSPS) is 14.9. The highest BCUT2D eigenvalue weighted by molar-refractivity contribution is 7.90. The van der Waals surface area contributed by atoms with Crippen LogP contribution in [0.2, 0.25) is 0 Å². The lowest BCUT2D eigenvalue weighted by atomic mass is 10.0. The molecular formula is C26H31N5O4S. The molecule has 0 radical (unpaired) electrons. The smallest absolute Gasteiger partial charge is 0.343 e. The number of carbonyl (C=O) groups excluding carboxylic acids is 2. The maximum atomic E-state index is 12.7. The van der Waals surface area contributed by atoms with Gasteiger partial charge in [0.15, 0.2) is 0 Å². The molecule has 2 heterocycles. The lowest BCUT2D eigenvalue weighted by molar-refractivity contribution is 0.0955. The zero-order valence-corrected chi connectivity index (χ0v) is 21.3. The van der Waals surface area contributed by atoms with Crippen LogP contribution in [0.25, 0.3) is 10.9 Å². The molecule has 0 aliphatic carbocycles. The molecule has 0 spiro atoms. The summed E-state index contributed by atoms with van der Waals surface area (Å²) in [7, 11) is -4.00. The van der Waals surface area contributed by atoms with Gasteiger partial charge >= 0.3 is 6.03 Å². The molecule has 9 nitrogen and oxygen atoms in total. The zero-order valence-electron chi connectivity index (χ0n) is 20.5. The molecule has 0 atom stereocenters. The minimum absolute atomic E-state index is 0.00472. The van der Waals surface area contributed by atoms with E-state index in [4.69, 9.17) is 0 Å². The molecular weight excluding hydrogens is 478 g/mol. The number of fused-ring (bicyclic) bond motifs is 1. The predicted molar refractivity (Wildman–Crippen MR) is 138 cm³/mol. The number of nitrogens with zero attached hydrogens (tertiary/aromatic N) is 2. The molecule has 1 saturated heterocycles. The number of hydrogen-bond donors (Lipinski definition) is 3. The predicted octanol–water partition coefficient (Wildman–Crippen LogP) is 3.15. The Morgan fingerprint density at radius 1 is 1.06 bits per heavy atom. The summed E-state index contributed by atoms with van der Waals surface area (Å²) in [6.45, 7) is 5.89. The van der Waals surface area contributed by atoms with Gasteiger partial charge in [0.1, 0.15) is 0 Å². The van der Waals surface area contributed by atoms with E-state index in [0.717, 1.165) is 29.4 Å². The fourth-order valence-corrected chi connectivity index (χ4v) is 5.12. The minimum atomic E-state index is -4.00. The van der Waals surface area contributed by atoms with Crippen LogP contribution in [0.5, 0.6) is 0 Å². The highest BCUT2D eigenvalue weighted by Gasteiger charge is 2.21. The van der Waals surface area contributed by atoms with Crippen molar-refractivity contribution in [3.05, 3.63) is 71.4 Å². The lowest BCUT2D eigenvalue weighted by Gasteiger charge is -2.30. The first-order chi connectivity index (χ1) is 17.2. The van der Waals surface area contributed by atoms with E-state index in [2.05, 4.69) is 27.4 Å². The summed E-state index contributed by atoms with van der Waals surface area (Å²) in [5.41, 5.74) is 5.69. The summed E-state index contributed by atoms with van der Waals surface area (Å²) in [6, 6.07) is 12.9. The van der Waals surface area contributed by atoms with E-state index < -0.39 is 16.1 Å². The number of aromatic nitrogens is 1. The molecule has 10 heteroatoms.